The predicted octanol–water partition coefficient (Wildman–Crippen LogP) is 1.08. The average Bonchev–Trinajstić information content (AvgIpc) is 2.43. The summed E-state index contributed by atoms with van der Waals surface area (Å²) in [5.41, 5.74) is -0.499. The van der Waals surface area contributed by atoms with Crippen molar-refractivity contribution < 1.29 is 9.53 Å². The first-order chi connectivity index (χ1) is 9.16. The Kier molecular flexibility index (Phi) is 4.68. The fourth-order valence-corrected chi connectivity index (χ4v) is 2.35. The second-order valence-electron chi connectivity index (χ2n) is 4.66. The summed E-state index contributed by atoms with van der Waals surface area (Å²) < 4.78 is 5.22. The molecule has 2 rings (SSSR count). The molecule has 2 N–H and O–H groups in total. The molecule has 1 amide bonds. The van der Waals surface area contributed by atoms with Gasteiger partial charge in [-0.2, -0.15) is 0 Å². The van der Waals surface area contributed by atoms with Crippen LogP contribution in [0, 0.1) is 5.41 Å². The molecule has 2 heterocycles. The highest BCUT2D eigenvalue weighted by molar-refractivity contribution is 6.29. The third-order valence-corrected chi connectivity index (χ3v) is 3.54. The van der Waals surface area contributed by atoms with Crippen molar-refractivity contribution in [3.05, 3.63) is 17.3 Å². The van der Waals surface area contributed by atoms with Crippen molar-refractivity contribution in [1.29, 1.82) is 0 Å². The van der Waals surface area contributed by atoms with Crippen LogP contribution in [0.3, 0.4) is 0 Å². The molecule has 0 saturated carbocycles. The SMILES string of the molecule is COCC1(C(=O)Nc2ccc(Cl)nn2)CCNCC1. The van der Waals surface area contributed by atoms with Crippen LogP contribution in [0.2, 0.25) is 5.15 Å². The first kappa shape index (κ1) is 14.2. The maximum absolute atomic E-state index is 12.4. The van der Waals surface area contributed by atoms with Crippen LogP contribution in [0.5, 0.6) is 0 Å². The summed E-state index contributed by atoms with van der Waals surface area (Å²) in [6.45, 7) is 2.02. The monoisotopic (exact) mass is 284 g/mol. The summed E-state index contributed by atoms with van der Waals surface area (Å²) in [6, 6.07) is 3.23. The van der Waals surface area contributed by atoms with E-state index in [1.165, 1.54) is 0 Å². The summed E-state index contributed by atoms with van der Waals surface area (Å²) in [6.07, 6.45) is 1.49. The maximum atomic E-state index is 12.4. The van der Waals surface area contributed by atoms with Gasteiger partial charge in [0.05, 0.1) is 12.0 Å². The number of hydrogen-bond acceptors (Lipinski definition) is 5. The highest BCUT2D eigenvalue weighted by Gasteiger charge is 2.39. The standard InChI is InChI=1S/C12H17ClN4O2/c1-19-8-12(4-6-14-7-5-12)11(18)15-10-3-2-9(13)16-17-10/h2-3,14H,4-8H2,1H3,(H,15,17,18). The third kappa shape index (κ3) is 3.40. The number of carbonyl (C=O) groups excluding carboxylic acids is 1. The topological polar surface area (TPSA) is 76.1 Å². The number of piperidine rings is 1. The van der Waals surface area contributed by atoms with E-state index in [-0.39, 0.29) is 5.91 Å². The van der Waals surface area contributed by atoms with Crippen LogP contribution in [-0.2, 0) is 9.53 Å². The third-order valence-electron chi connectivity index (χ3n) is 3.34. The number of halogens is 1. The van der Waals surface area contributed by atoms with Gasteiger partial charge in [0, 0.05) is 7.11 Å². The molecule has 1 fully saturated rings. The molecule has 7 heteroatoms. The Morgan fingerprint density at radius 3 is 2.79 bits per heavy atom. The minimum atomic E-state index is -0.499. The second-order valence-corrected chi connectivity index (χ2v) is 5.05. The van der Waals surface area contributed by atoms with Gasteiger partial charge >= 0.3 is 0 Å². The van der Waals surface area contributed by atoms with Crippen molar-refractivity contribution in [2.75, 3.05) is 32.1 Å². The van der Waals surface area contributed by atoms with E-state index in [1.54, 1.807) is 19.2 Å². The molecule has 1 aliphatic rings. The lowest BCUT2D eigenvalue weighted by atomic mass is 9.78. The summed E-state index contributed by atoms with van der Waals surface area (Å²) in [4.78, 5) is 12.4. The Bertz CT molecular complexity index is 426. The van der Waals surface area contributed by atoms with E-state index in [9.17, 15) is 4.79 Å². The van der Waals surface area contributed by atoms with Crippen LogP contribution in [0.1, 0.15) is 12.8 Å². The molecule has 1 aromatic heterocycles. The Hall–Kier alpha value is -1.24. The van der Waals surface area contributed by atoms with Crippen molar-refractivity contribution in [3.8, 4) is 0 Å². The molecule has 0 aromatic carbocycles. The van der Waals surface area contributed by atoms with Gasteiger partial charge in [-0.1, -0.05) is 11.6 Å². The second kappa shape index (κ2) is 6.27. The summed E-state index contributed by atoms with van der Waals surface area (Å²) in [7, 11) is 1.61. The van der Waals surface area contributed by atoms with Crippen LogP contribution >= 0.6 is 11.6 Å². The number of rotatable bonds is 4. The van der Waals surface area contributed by atoms with Gasteiger partial charge in [0.2, 0.25) is 5.91 Å². The molecular weight excluding hydrogens is 268 g/mol. The quantitative estimate of drug-likeness (QED) is 0.865. The molecule has 19 heavy (non-hydrogen) atoms. The van der Waals surface area contributed by atoms with Crippen molar-refractivity contribution in [1.82, 2.24) is 15.5 Å². The Morgan fingerprint density at radius 2 is 2.21 bits per heavy atom. The molecule has 0 atom stereocenters. The van der Waals surface area contributed by atoms with E-state index in [2.05, 4.69) is 20.8 Å². The fraction of sp³-hybridized carbons (Fsp3) is 0.583. The number of carbonyl (C=O) groups is 1. The number of aromatic nitrogens is 2. The normalized spacial score (nSPS) is 18.0. The molecule has 0 spiro atoms. The van der Waals surface area contributed by atoms with Crippen LogP contribution in [0.25, 0.3) is 0 Å². The molecular formula is C12H17ClN4O2. The van der Waals surface area contributed by atoms with Gasteiger partial charge in [0.25, 0.3) is 0 Å². The number of amides is 1. The lowest BCUT2D eigenvalue weighted by Gasteiger charge is -2.35. The highest BCUT2D eigenvalue weighted by atomic mass is 35.5. The summed E-state index contributed by atoms with van der Waals surface area (Å²) in [5, 5.41) is 13.9. The Morgan fingerprint density at radius 1 is 1.47 bits per heavy atom. The van der Waals surface area contributed by atoms with Crippen LogP contribution in [0.15, 0.2) is 12.1 Å². The zero-order chi connectivity index (χ0) is 13.7. The first-order valence-corrected chi connectivity index (χ1v) is 6.54. The largest absolute Gasteiger partial charge is 0.384 e. The van der Waals surface area contributed by atoms with Gasteiger partial charge in [0.15, 0.2) is 11.0 Å². The highest BCUT2D eigenvalue weighted by Crippen LogP contribution is 2.30. The molecule has 1 aromatic rings. The fourth-order valence-electron chi connectivity index (χ4n) is 2.25. The van der Waals surface area contributed by atoms with E-state index in [0.29, 0.717) is 17.6 Å². The first-order valence-electron chi connectivity index (χ1n) is 6.17. The van der Waals surface area contributed by atoms with Crippen molar-refractivity contribution in [3.63, 3.8) is 0 Å². The van der Waals surface area contributed by atoms with Gasteiger partial charge in [-0.15, -0.1) is 10.2 Å². The minimum absolute atomic E-state index is 0.0764. The molecule has 0 bridgehead atoms. The number of nitrogens with zero attached hydrogens (tertiary/aromatic N) is 2. The van der Waals surface area contributed by atoms with E-state index in [4.69, 9.17) is 16.3 Å². The van der Waals surface area contributed by atoms with Gasteiger partial charge in [-0.3, -0.25) is 4.79 Å². The zero-order valence-electron chi connectivity index (χ0n) is 10.8. The van der Waals surface area contributed by atoms with Gasteiger partial charge in [-0.05, 0) is 38.1 Å². The molecule has 6 nitrogen and oxygen atoms in total. The molecule has 0 unspecified atom stereocenters. The number of hydrogen-bond donors (Lipinski definition) is 2. The van der Waals surface area contributed by atoms with Gasteiger partial charge < -0.3 is 15.4 Å². The molecule has 1 aliphatic heterocycles. The smallest absolute Gasteiger partial charge is 0.234 e. The minimum Gasteiger partial charge on any atom is -0.384 e. The Labute approximate surface area is 116 Å². The maximum Gasteiger partial charge on any atom is 0.234 e. The van der Waals surface area contributed by atoms with E-state index in [0.717, 1.165) is 25.9 Å². The van der Waals surface area contributed by atoms with Gasteiger partial charge in [0.1, 0.15) is 0 Å². The predicted molar refractivity (Wildman–Crippen MR) is 72.1 cm³/mol. The van der Waals surface area contributed by atoms with Crippen molar-refractivity contribution in [2.24, 2.45) is 5.41 Å². The lowest BCUT2D eigenvalue weighted by Crippen LogP contribution is -2.47. The molecule has 0 radical (unpaired) electrons. The van der Waals surface area contributed by atoms with E-state index in [1.807, 2.05) is 0 Å². The summed E-state index contributed by atoms with van der Waals surface area (Å²) >= 11 is 5.66. The Balaban J connectivity index is 2.09. The van der Waals surface area contributed by atoms with Crippen molar-refractivity contribution in [2.45, 2.75) is 12.8 Å². The average molecular weight is 285 g/mol. The molecule has 104 valence electrons. The number of ether oxygens (including phenoxy) is 1. The van der Waals surface area contributed by atoms with Crippen molar-refractivity contribution >= 4 is 23.3 Å². The zero-order valence-corrected chi connectivity index (χ0v) is 11.5. The van der Waals surface area contributed by atoms with Crippen LogP contribution in [0.4, 0.5) is 5.82 Å². The van der Waals surface area contributed by atoms with E-state index < -0.39 is 5.41 Å². The number of methoxy groups -OCH3 is 1. The lowest BCUT2D eigenvalue weighted by molar-refractivity contribution is -0.130. The molecule has 1 saturated heterocycles. The van der Waals surface area contributed by atoms with Crippen LogP contribution < -0.4 is 10.6 Å². The molecule has 0 aliphatic carbocycles. The number of anilines is 1. The van der Waals surface area contributed by atoms with Gasteiger partial charge in [-0.25, -0.2) is 0 Å². The van der Waals surface area contributed by atoms with Crippen LogP contribution in [-0.4, -0.2) is 42.9 Å². The summed E-state index contributed by atoms with van der Waals surface area (Å²) in [5.74, 6) is 0.330. The van der Waals surface area contributed by atoms with E-state index >= 15 is 0 Å². The number of nitrogens with one attached hydrogen (secondary N) is 2.